The molecule has 0 bridgehead atoms. The largest absolute Gasteiger partial charge is 0.394 e. The van der Waals surface area contributed by atoms with Gasteiger partial charge in [-0.15, -0.1) is 0 Å². The van der Waals surface area contributed by atoms with Crippen molar-refractivity contribution in [3.8, 4) is 0 Å². The minimum atomic E-state index is -1.28. The molecule has 0 unspecified atom stereocenters. The molecule has 3 heterocycles. The highest BCUT2D eigenvalue weighted by Gasteiger charge is 2.45. The second-order valence-electron chi connectivity index (χ2n) is 4.97. The van der Waals surface area contributed by atoms with Gasteiger partial charge in [-0.3, -0.25) is 9.36 Å². The molecule has 0 radical (unpaired) electrons. The van der Waals surface area contributed by atoms with E-state index in [4.69, 9.17) is 4.74 Å². The van der Waals surface area contributed by atoms with E-state index in [1.165, 1.54) is 10.9 Å². The SMILES string of the molecule is CCNc1nc2c(=O)[nH]cnc2n1[C@@H]1O[C@H](CO)[C@@H](O)[C@H]1O. The minimum Gasteiger partial charge on any atom is -0.394 e. The van der Waals surface area contributed by atoms with Gasteiger partial charge in [0.05, 0.1) is 12.9 Å². The van der Waals surface area contributed by atoms with Gasteiger partial charge < -0.3 is 30.4 Å². The maximum Gasteiger partial charge on any atom is 0.278 e. The summed E-state index contributed by atoms with van der Waals surface area (Å²) in [4.78, 5) is 22.5. The molecule has 2 aromatic heterocycles. The second-order valence-corrected chi connectivity index (χ2v) is 4.97. The summed E-state index contributed by atoms with van der Waals surface area (Å²) in [5.41, 5.74) is -0.111. The Morgan fingerprint density at radius 1 is 1.45 bits per heavy atom. The van der Waals surface area contributed by atoms with Crippen LogP contribution in [0.15, 0.2) is 11.1 Å². The summed E-state index contributed by atoms with van der Waals surface area (Å²) >= 11 is 0. The molecule has 2 aromatic rings. The number of aliphatic hydroxyl groups is 3. The molecule has 1 aliphatic rings. The first-order valence-electron chi connectivity index (χ1n) is 6.90. The molecule has 4 atom stereocenters. The van der Waals surface area contributed by atoms with Crippen molar-refractivity contribution in [3.05, 3.63) is 16.7 Å². The van der Waals surface area contributed by atoms with Gasteiger partial charge in [0.15, 0.2) is 17.4 Å². The Balaban J connectivity index is 2.15. The molecule has 10 heteroatoms. The predicted molar refractivity (Wildman–Crippen MR) is 75.3 cm³/mol. The molecule has 0 amide bonds. The van der Waals surface area contributed by atoms with Crippen molar-refractivity contribution in [1.82, 2.24) is 19.5 Å². The normalized spacial score (nSPS) is 28.4. The van der Waals surface area contributed by atoms with Gasteiger partial charge in [0.1, 0.15) is 18.3 Å². The van der Waals surface area contributed by atoms with Gasteiger partial charge >= 0.3 is 0 Å². The maximum absolute atomic E-state index is 11.8. The number of nitrogens with zero attached hydrogens (tertiary/aromatic N) is 3. The molecule has 1 fully saturated rings. The molecular weight excluding hydrogens is 294 g/mol. The van der Waals surface area contributed by atoms with Gasteiger partial charge in [0.2, 0.25) is 5.95 Å². The maximum atomic E-state index is 11.8. The van der Waals surface area contributed by atoms with Crippen molar-refractivity contribution in [2.75, 3.05) is 18.5 Å². The summed E-state index contributed by atoms with van der Waals surface area (Å²) in [5.74, 6) is 0.288. The number of aliphatic hydroxyl groups excluding tert-OH is 3. The van der Waals surface area contributed by atoms with E-state index in [0.29, 0.717) is 6.54 Å². The lowest BCUT2D eigenvalue weighted by Crippen LogP contribution is -2.33. The van der Waals surface area contributed by atoms with E-state index in [-0.39, 0.29) is 17.1 Å². The van der Waals surface area contributed by atoms with Crippen molar-refractivity contribution >= 4 is 17.1 Å². The lowest BCUT2D eigenvalue weighted by atomic mass is 10.1. The van der Waals surface area contributed by atoms with Crippen molar-refractivity contribution in [2.45, 2.75) is 31.5 Å². The van der Waals surface area contributed by atoms with Crippen molar-refractivity contribution in [2.24, 2.45) is 0 Å². The number of aromatic amines is 1. The molecular formula is C12H17N5O5. The third kappa shape index (κ3) is 2.16. The zero-order valence-electron chi connectivity index (χ0n) is 11.8. The van der Waals surface area contributed by atoms with E-state index in [2.05, 4.69) is 20.3 Å². The molecule has 0 spiro atoms. The fourth-order valence-corrected chi connectivity index (χ4v) is 2.54. The number of aromatic nitrogens is 4. The van der Waals surface area contributed by atoms with Gasteiger partial charge in [-0.1, -0.05) is 0 Å². The number of hydrogen-bond acceptors (Lipinski definition) is 8. The molecule has 0 aliphatic carbocycles. The van der Waals surface area contributed by atoms with Crippen LogP contribution in [-0.2, 0) is 4.74 Å². The molecule has 5 N–H and O–H groups in total. The highest BCUT2D eigenvalue weighted by atomic mass is 16.6. The smallest absolute Gasteiger partial charge is 0.278 e. The van der Waals surface area contributed by atoms with E-state index in [1.807, 2.05) is 6.92 Å². The van der Waals surface area contributed by atoms with Crippen LogP contribution in [0.25, 0.3) is 11.2 Å². The Labute approximate surface area is 124 Å². The summed E-state index contributed by atoms with van der Waals surface area (Å²) in [6.45, 7) is 1.93. The van der Waals surface area contributed by atoms with Crippen molar-refractivity contribution in [1.29, 1.82) is 0 Å². The number of rotatable bonds is 4. The van der Waals surface area contributed by atoms with Gasteiger partial charge in [-0.05, 0) is 6.92 Å². The first kappa shape index (κ1) is 14.9. The topological polar surface area (TPSA) is 146 Å². The summed E-state index contributed by atoms with van der Waals surface area (Å²) in [6.07, 6.45) is -3.24. The number of ether oxygens (including phenoxy) is 1. The number of hydrogen-bond donors (Lipinski definition) is 5. The van der Waals surface area contributed by atoms with Crippen LogP contribution in [0, 0.1) is 0 Å². The number of nitrogens with one attached hydrogen (secondary N) is 2. The van der Waals surface area contributed by atoms with E-state index < -0.39 is 36.7 Å². The minimum absolute atomic E-state index is 0.0937. The molecule has 0 aromatic carbocycles. The van der Waals surface area contributed by atoms with Crippen LogP contribution in [-0.4, -0.2) is 66.3 Å². The van der Waals surface area contributed by atoms with E-state index in [1.54, 1.807) is 0 Å². The van der Waals surface area contributed by atoms with Gasteiger partial charge in [-0.2, -0.15) is 0 Å². The van der Waals surface area contributed by atoms with Crippen LogP contribution >= 0.6 is 0 Å². The molecule has 10 nitrogen and oxygen atoms in total. The van der Waals surface area contributed by atoms with Gasteiger partial charge in [0, 0.05) is 6.54 Å². The van der Waals surface area contributed by atoms with Crippen LogP contribution in [0.5, 0.6) is 0 Å². The van der Waals surface area contributed by atoms with Gasteiger partial charge in [-0.25, -0.2) is 9.97 Å². The summed E-state index contributed by atoms with van der Waals surface area (Å²) in [7, 11) is 0. The highest BCUT2D eigenvalue weighted by molar-refractivity contribution is 5.73. The summed E-state index contributed by atoms with van der Waals surface area (Å²) < 4.78 is 6.91. The molecule has 120 valence electrons. The molecule has 0 saturated carbocycles. The Bertz CT molecular complexity index is 728. The number of H-pyrrole nitrogens is 1. The fourth-order valence-electron chi connectivity index (χ4n) is 2.54. The van der Waals surface area contributed by atoms with Gasteiger partial charge in [0.25, 0.3) is 5.56 Å². The predicted octanol–water partition coefficient (Wildman–Crippen LogP) is -1.84. The Hall–Kier alpha value is -2.01. The van der Waals surface area contributed by atoms with Crippen molar-refractivity contribution in [3.63, 3.8) is 0 Å². The number of fused-ring (bicyclic) bond motifs is 1. The number of imidazole rings is 1. The first-order valence-corrected chi connectivity index (χ1v) is 6.90. The Morgan fingerprint density at radius 3 is 2.86 bits per heavy atom. The Kier molecular flexibility index (Phi) is 3.83. The molecule has 3 rings (SSSR count). The third-order valence-corrected chi connectivity index (χ3v) is 3.59. The third-order valence-electron chi connectivity index (χ3n) is 3.59. The van der Waals surface area contributed by atoms with E-state index in [9.17, 15) is 20.1 Å². The highest BCUT2D eigenvalue weighted by Crippen LogP contribution is 2.33. The average molecular weight is 311 g/mol. The number of anilines is 1. The monoisotopic (exact) mass is 311 g/mol. The first-order chi connectivity index (χ1) is 10.6. The lowest BCUT2D eigenvalue weighted by Gasteiger charge is -2.19. The quantitative estimate of drug-likeness (QED) is 0.443. The lowest BCUT2D eigenvalue weighted by molar-refractivity contribution is -0.0501. The molecule has 22 heavy (non-hydrogen) atoms. The molecule has 1 saturated heterocycles. The zero-order valence-corrected chi connectivity index (χ0v) is 11.8. The average Bonchev–Trinajstić information content (AvgIpc) is 3.00. The van der Waals surface area contributed by atoms with Crippen LogP contribution in [0.4, 0.5) is 5.95 Å². The van der Waals surface area contributed by atoms with Crippen LogP contribution < -0.4 is 10.9 Å². The standard InChI is InChI=1S/C12H17N5O5/c1-2-13-12-16-6-9(14-4-15-10(6)21)17(12)11-8(20)7(19)5(3-18)22-11/h4-5,7-8,11,18-20H,2-3H2,1H3,(H,13,16)(H,14,15,21)/t5-,7-,8-,11-/m1/s1. The van der Waals surface area contributed by atoms with Crippen LogP contribution in [0.2, 0.25) is 0 Å². The van der Waals surface area contributed by atoms with Crippen molar-refractivity contribution < 1.29 is 20.1 Å². The van der Waals surface area contributed by atoms with E-state index >= 15 is 0 Å². The van der Waals surface area contributed by atoms with Crippen LogP contribution in [0.1, 0.15) is 13.2 Å². The Morgan fingerprint density at radius 2 is 2.23 bits per heavy atom. The van der Waals surface area contributed by atoms with E-state index in [0.717, 1.165) is 0 Å². The fraction of sp³-hybridized carbons (Fsp3) is 0.583. The summed E-state index contributed by atoms with van der Waals surface area (Å²) in [5, 5.41) is 32.2. The summed E-state index contributed by atoms with van der Waals surface area (Å²) in [6, 6.07) is 0. The second kappa shape index (κ2) is 5.65. The van der Waals surface area contributed by atoms with Crippen LogP contribution in [0.3, 0.4) is 0 Å². The zero-order chi connectivity index (χ0) is 15.9. The molecule has 1 aliphatic heterocycles.